The number of hydrogen-bond acceptors (Lipinski definition) is 2. The minimum absolute atomic E-state index is 0.145. The molecule has 76 valence electrons. The second-order valence-electron chi connectivity index (χ2n) is 3.22. The van der Waals surface area contributed by atoms with Gasteiger partial charge in [0, 0.05) is 0 Å². The summed E-state index contributed by atoms with van der Waals surface area (Å²) in [6, 6.07) is 7.61. The maximum atomic E-state index is 10.2. The minimum Gasteiger partial charge on any atom is -0.145 e. The molecule has 0 aliphatic heterocycles. The fourth-order valence-corrected chi connectivity index (χ4v) is 2.99. The van der Waals surface area contributed by atoms with Crippen molar-refractivity contribution in [3.63, 3.8) is 0 Å². The van der Waals surface area contributed by atoms with Crippen LogP contribution in [-0.4, -0.2) is 12.3 Å². The monoisotopic (exact) mass is 209 g/mol. The van der Waals surface area contributed by atoms with Crippen LogP contribution in [0.25, 0.3) is 0 Å². The summed E-state index contributed by atoms with van der Waals surface area (Å²) >= 11 is 0. The second kappa shape index (κ2) is 5.87. The molecule has 0 bridgehead atoms. The van der Waals surface area contributed by atoms with Gasteiger partial charge in [0.25, 0.3) is 0 Å². The lowest BCUT2D eigenvalue weighted by molar-refractivity contribution is 1.31. The molecule has 0 saturated heterocycles. The summed E-state index contributed by atoms with van der Waals surface area (Å²) in [7, 11) is 0.145. The second-order valence-corrected chi connectivity index (χ2v) is 6.14. The van der Waals surface area contributed by atoms with Crippen LogP contribution in [-0.2, 0) is 6.16 Å². The molecule has 0 atom stereocenters. The Hall–Kier alpha value is -0.750. The Labute approximate surface area is 86.5 Å². The molecular weight excluding hydrogens is 193 g/mol. The quantitative estimate of drug-likeness (QED) is 0.530. The first-order valence-corrected chi connectivity index (χ1v) is 6.84. The molecule has 0 aromatic heterocycles. The van der Waals surface area contributed by atoms with Gasteiger partial charge in [-0.15, -0.1) is 12.8 Å². The molecule has 0 N–H and O–H groups in total. The zero-order valence-electron chi connectivity index (χ0n) is 8.73. The van der Waals surface area contributed by atoms with Crippen molar-refractivity contribution in [1.29, 1.82) is 0 Å². The molecule has 0 fully saturated rings. The molecule has 14 heavy (non-hydrogen) atoms. The lowest BCUT2D eigenvalue weighted by Gasteiger charge is -2.12. The van der Waals surface area contributed by atoms with Crippen molar-refractivity contribution in [3.8, 4) is 0 Å². The van der Waals surface area contributed by atoms with Crippen LogP contribution in [0.3, 0.4) is 0 Å². The van der Waals surface area contributed by atoms with Gasteiger partial charge in [-0.2, -0.15) is 0 Å². The fraction of sp³-hybridized carbons (Fsp3) is 0.455. The highest BCUT2D eigenvalue weighted by molar-refractivity contribution is 7.56. The molecule has 3 heteroatoms. The van der Waals surface area contributed by atoms with Crippen LogP contribution in [0.1, 0.15) is 19.4 Å². The Morgan fingerprint density at radius 2 is 1.71 bits per heavy atom. The maximum Gasteiger partial charge on any atom is 0.108 e. The Bertz CT molecular complexity index is 280. The molecule has 0 radical (unpaired) electrons. The molecular formula is C11H16NOP. The highest BCUT2D eigenvalue weighted by atomic mass is 31.1. The van der Waals surface area contributed by atoms with Gasteiger partial charge < -0.3 is 0 Å². The first kappa shape index (κ1) is 11.3. The van der Waals surface area contributed by atoms with Crippen LogP contribution >= 0.6 is 7.92 Å². The summed E-state index contributed by atoms with van der Waals surface area (Å²) in [5, 5.41) is 2.89. The van der Waals surface area contributed by atoms with Gasteiger partial charge in [-0.1, -0.05) is 26.0 Å². The molecule has 1 rings (SSSR count). The van der Waals surface area contributed by atoms with E-state index in [1.165, 1.54) is 24.0 Å². The van der Waals surface area contributed by atoms with E-state index < -0.39 is 0 Å². The molecule has 0 aliphatic rings. The predicted molar refractivity (Wildman–Crippen MR) is 63.6 cm³/mol. The van der Waals surface area contributed by atoms with Crippen LogP contribution in [0.5, 0.6) is 0 Å². The fourth-order valence-electron chi connectivity index (χ4n) is 1.37. The summed E-state index contributed by atoms with van der Waals surface area (Å²) in [5.41, 5.74) is 1.85. The third-order valence-electron chi connectivity index (χ3n) is 2.34. The van der Waals surface area contributed by atoms with Crippen molar-refractivity contribution in [2.75, 3.05) is 12.3 Å². The summed E-state index contributed by atoms with van der Waals surface area (Å²) < 4.78 is 0. The first-order chi connectivity index (χ1) is 6.80. The van der Waals surface area contributed by atoms with E-state index in [9.17, 15) is 4.91 Å². The predicted octanol–water partition coefficient (Wildman–Crippen LogP) is 4.11. The smallest absolute Gasteiger partial charge is 0.108 e. The molecule has 1 aromatic carbocycles. The summed E-state index contributed by atoms with van der Waals surface area (Å²) in [4.78, 5) is 10.2. The highest BCUT2D eigenvalue weighted by Crippen LogP contribution is 2.38. The van der Waals surface area contributed by atoms with Crippen molar-refractivity contribution in [1.82, 2.24) is 0 Å². The Balaban J connectivity index is 2.63. The summed E-state index contributed by atoms with van der Waals surface area (Å²) in [6.07, 6.45) is 3.72. The van der Waals surface area contributed by atoms with Gasteiger partial charge in [-0.3, -0.25) is 0 Å². The largest absolute Gasteiger partial charge is 0.145 e. The molecule has 0 amide bonds. The van der Waals surface area contributed by atoms with Crippen LogP contribution in [0.4, 0.5) is 5.69 Å². The maximum absolute atomic E-state index is 10.2. The summed E-state index contributed by atoms with van der Waals surface area (Å²) in [6.45, 7) is 4.49. The van der Waals surface area contributed by atoms with E-state index in [2.05, 4.69) is 19.0 Å². The van der Waals surface area contributed by atoms with E-state index in [0.717, 1.165) is 0 Å². The van der Waals surface area contributed by atoms with E-state index in [4.69, 9.17) is 0 Å². The lowest BCUT2D eigenvalue weighted by Crippen LogP contribution is -1.88. The van der Waals surface area contributed by atoms with Crippen LogP contribution in [0, 0.1) is 4.91 Å². The van der Waals surface area contributed by atoms with Crippen LogP contribution in [0.15, 0.2) is 29.4 Å². The van der Waals surface area contributed by atoms with E-state index >= 15 is 0 Å². The highest BCUT2D eigenvalue weighted by Gasteiger charge is 2.03. The van der Waals surface area contributed by atoms with E-state index in [0.29, 0.717) is 5.69 Å². The normalized spacial score (nSPS) is 10.5. The van der Waals surface area contributed by atoms with E-state index in [1.54, 1.807) is 12.1 Å². The Morgan fingerprint density at radius 1 is 1.14 bits per heavy atom. The van der Waals surface area contributed by atoms with Crippen molar-refractivity contribution < 1.29 is 0 Å². The number of hydrogen-bond donors (Lipinski definition) is 0. The van der Waals surface area contributed by atoms with Crippen molar-refractivity contribution >= 4 is 13.6 Å². The molecule has 0 aliphatic carbocycles. The minimum atomic E-state index is 0.145. The van der Waals surface area contributed by atoms with Gasteiger partial charge >= 0.3 is 0 Å². The number of rotatable bonds is 5. The molecule has 0 saturated carbocycles. The average molecular weight is 209 g/mol. The van der Waals surface area contributed by atoms with Gasteiger partial charge in [-0.25, -0.2) is 0 Å². The topological polar surface area (TPSA) is 29.4 Å². The lowest BCUT2D eigenvalue weighted by atomic mass is 10.2. The van der Waals surface area contributed by atoms with Crippen molar-refractivity contribution in [2.45, 2.75) is 20.0 Å². The third kappa shape index (κ3) is 3.19. The molecule has 1 aromatic rings. The first-order valence-electron chi connectivity index (χ1n) is 4.94. The van der Waals surface area contributed by atoms with Gasteiger partial charge in [0.05, 0.1) is 0 Å². The average Bonchev–Trinajstić information content (AvgIpc) is 2.26. The molecule has 0 unspecified atom stereocenters. The standard InChI is InChI=1S/C11H16NOP/c1-3-14(4-2)9-10-5-7-11(12-13)8-6-10/h5-8H,3-4,9H2,1-2H3. The summed E-state index contributed by atoms with van der Waals surface area (Å²) in [5.74, 6) is 0. The van der Waals surface area contributed by atoms with Gasteiger partial charge in [0.2, 0.25) is 0 Å². The zero-order chi connectivity index (χ0) is 10.4. The Morgan fingerprint density at radius 3 is 2.14 bits per heavy atom. The zero-order valence-corrected chi connectivity index (χ0v) is 9.63. The molecule has 0 spiro atoms. The number of nitroso groups, excluding NO2 is 1. The van der Waals surface area contributed by atoms with E-state index in [1.807, 2.05) is 12.1 Å². The Kier molecular flexibility index (Phi) is 4.75. The van der Waals surface area contributed by atoms with Gasteiger partial charge in [0.15, 0.2) is 0 Å². The van der Waals surface area contributed by atoms with Crippen LogP contribution < -0.4 is 0 Å². The third-order valence-corrected chi connectivity index (χ3v) is 4.94. The van der Waals surface area contributed by atoms with Gasteiger partial charge in [0.1, 0.15) is 5.69 Å². The van der Waals surface area contributed by atoms with Crippen molar-refractivity contribution in [2.24, 2.45) is 5.18 Å². The SMILES string of the molecule is CCP(CC)Cc1ccc(N=O)cc1. The van der Waals surface area contributed by atoms with Gasteiger partial charge in [-0.05, 0) is 41.4 Å². The molecule has 2 nitrogen and oxygen atoms in total. The number of benzene rings is 1. The molecule has 0 heterocycles. The van der Waals surface area contributed by atoms with E-state index in [-0.39, 0.29) is 7.92 Å². The number of nitrogens with zero attached hydrogens (tertiary/aromatic N) is 1. The van der Waals surface area contributed by atoms with Crippen LogP contribution in [0.2, 0.25) is 0 Å². The van der Waals surface area contributed by atoms with Crippen molar-refractivity contribution in [3.05, 3.63) is 34.7 Å².